The fourth-order valence-electron chi connectivity index (χ4n) is 6.14. The maximum atomic E-state index is 11.6. The molecule has 1 saturated carbocycles. The third kappa shape index (κ3) is 5.99. The van der Waals surface area contributed by atoms with Crippen LogP contribution in [0.5, 0.6) is 5.75 Å². The lowest BCUT2D eigenvalue weighted by atomic mass is 9.70. The van der Waals surface area contributed by atoms with Gasteiger partial charge in [0.2, 0.25) is 0 Å². The minimum atomic E-state index is -0.845. The Morgan fingerprint density at radius 3 is 2.47 bits per heavy atom. The number of ether oxygens (including phenoxy) is 1. The number of carbonyl (C=O) groups is 1. The molecule has 1 N–H and O–H groups in total. The van der Waals surface area contributed by atoms with E-state index in [0.717, 1.165) is 56.1 Å². The van der Waals surface area contributed by atoms with E-state index in [1.165, 1.54) is 30.4 Å². The molecule has 1 aliphatic carbocycles. The van der Waals surface area contributed by atoms with E-state index in [2.05, 4.69) is 59.5 Å². The molecule has 1 heterocycles. The van der Waals surface area contributed by atoms with E-state index in [1.807, 2.05) is 18.2 Å². The summed E-state index contributed by atoms with van der Waals surface area (Å²) >= 11 is 0. The lowest BCUT2D eigenvalue weighted by Crippen LogP contribution is -2.41. The van der Waals surface area contributed by atoms with Crippen LogP contribution in [0.2, 0.25) is 0 Å². The quantitative estimate of drug-likeness (QED) is 0.344. The van der Waals surface area contributed by atoms with Gasteiger partial charge < -0.3 is 9.84 Å². The van der Waals surface area contributed by atoms with Gasteiger partial charge in [-0.25, -0.2) is 4.79 Å². The fourth-order valence-corrected chi connectivity index (χ4v) is 6.14. The Bertz CT molecular complexity index is 1170. The van der Waals surface area contributed by atoms with Crippen molar-refractivity contribution in [1.29, 1.82) is 0 Å². The lowest BCUT2D eigenvalue weighted by molar-refractivity contribution is 0.0695. The molecular formula is C32H37NO3. The minimum Gasteiger partial charge on any atom is -0.497 e. The highest BCUT2D eigenvalue weighted by Gasteiger charge is 2.41. The molecule has 3 aromatic carbocycles. The number of piperidine rings is 1. The van der Waals surface area contributed by atoms with E-state index in [-0.39, 0.29) is 5.41 Å². The third-order valence-electron chi connectivity index (χ3n) is 8.41. The monoisotopic (exact) mass is 483 g/mol. The van der Waals surface area contributed by atoms with Crippen molar-refractivity contribution in [3.05, 3.63) is 101 Å². The highest BCUT2D eigenvalue weighted by molar-refractivity contribution is 5.87. The molecule has 2 aliphatic rings. The van der Waals surface area contributed by atoms with Crippen LogP contribution in [0.25, 0.3) is 0 Å². The number of likely N-dealkylation sites (tertiary alicyclic amines) is 1. The van der Waals surface area contributed by atoms with Crippen LogP contribution in [0, 0.1) is 11.3 Å². The zero-order chi connectivity index (χ0) is 25.0. The highest BCUT2D eigenvalue weighted by Crippen LogP contribution is 2.52. The molecular weight excluding hydrogens is 446 g/mol. The van der Waals surface area contributed by atoms with Crippen LogP contribution in [-0.4, -0.2) is 36.2 Å². The first-order valence-electron chi connectivity index (χ1n) is 13.3. The van der Waals surface area contributed by atoms with Gasteiger partial charge in [-0.2, -0.15) is 0 Å². The maximum Gasteiger partial charge on any atom is 0.335 e. The maximum absolute atomic E-state index is 11.6. The molecule has 1 saturated heterocycles. The Morgan fingerprint density at radius 1 is 0.972 bits per heavy atom. The number of rotatable bonds is 10. The van der Waals surface area contributed by atoms with Crippen LogP contribution < -0.4 is 4.74 Å². The summed E-state index contributed by atoms with van der Waals surface area (Å²) in [5.74, 6) is 1.56. The Labute approximate surface area is 214 Å². The topological polar surface area (TPSA) is 49.8 Å². The molecule has 188 valence electrons. The van der Waals surface area contributed by atoms with E-state index < -0.39 is 5.97 Å². The summed E-state index contributed by atoms with van der Waals surface area (Å²) in [6, 6.07) is 26.9. The zero-order valence-corrected chi connectivity index (χ0v) is 21.2. The number of benzene rings is 3. The summed E-state index contributed by atoms with van der Waals surface area (Å²) in [4.78, 5) is 14.1. The van der Waals surface area contributed by atoms with E-state index in [9.17, 15) is 9.90 Å². The molecule has 0 spiro atoms. The van der Waals surface area contributed by atoms with Crippen LogP contribution >= 0.6 is 0 Å². The van der Waals surface area contributed by atoms with E-state index in [1.54, 1.807) is 13.2 Å². The number of carboxylic acid groups (broad SMARTS) is 1. The summed E-state index contributed by atoms with van der Waals surface area (Å²) < 4.78 is 5.41. The molecule has 3 aromatic rings. The van der Waals surface area contributed by atoms with Gasteiger partial charge in [-0.1, -0.05) is 54.6 Å². The van der Waals surface area contributed by atoms with Crippen LogP contribution in [-0.2, 0) is 13.0 Å². The van der Waals surface area contributed by atoms with E-state index in [4.69, 9.17) is 4.74 Å². The zero-order valence-electron chi connectivity index (χ0n) is 21.2. The second-order valence-electron chi connectivity index (χ2n) is 10.9. The smallest absolute Gasteiger partial charge is 0.335 e. The van der Waals surface area contributed by atoms with Gasteiger partial charge in [0, 0.05) is 6.54 Å². The Balaban J connectivity index is 1.26. The molecule has 0 radical (unpaired) electrons. The predicted molar refractivity (Wildman–Crippen MR) is 144 cm³/mol. The third-order valence-corrected chi connectivity index (χ3v) is 8.41. The highest BCUT2D eigenvalue weighted by atomic mass is 16.5. The molecule has 36 heavy (non-hydrogen) atoms. The van der Waals surface area contributed by atoms with Crippen molar-refractivity contribution in [2.24, 2.45) is 11.3 Å². The van der Waals surface area contributed by atoms with Crippen LogP contribution in [0.4, 0.5) is 0 Å². The molecule has 2 atom stereocenters. The number of methoxy groups -OCH3 is 1. The summed E-state index contributed by atoms with van der Waals surface area (Å²) in [5.41, 5.74) is 4.56. The van der Waals surface area contributed by atoms with Gasteiger partial charge in [-0.05, 0) is 110 Å². The standard InChI is InChI=1S/C32H37NO3/c1-36-29-12-6-8-25(20-29)23-33-17-15-32(16-18-33,22-24-7-5-11-28(19-24)31(34)35)14-13-27-21-30(27)26-9-3-2-4-10-26/h2-12,19-20,27,30H,13-18,21-23H2,1H3,(H,34,35)/t27-,30?/m1/s1. The predicted octanol–water partition coefficient (Wildman–Crippen LogP) is 6.80. The first-order valence-corrected chi connectivity index (χ1v) is 13.3. The number of carboxylic acids is 1. The molecule has 1 unspecified atom stereocenters. The molecule has 0 bridgehead atoms. The van der Waals surface area contributed by atoms with Gasteiger partial charge in [0.15, 0.2) is 0 Å². The Morgan fingerprint density at radius 2 is 1.72 bits per heavy atom. The number of hydrogen-bond donors (Lipinski definition) is 1. The second-order valence-corrected chi connectivity index (χ2v) is 10.9. The van der Waals surface area contributed by atoms with Crippen molar-refractivity contribution in [2.45, 2.75) is 51.0 Å². The van der Waals surface area contributed by atoms with E-state index >= 15 is 0 Å². The van der Waals surface area contributed by atoms with Gasteiger partial charge in [-0.3, -0.25) is 4.90 Å². The molecule has 2 fully saturated rings. The SMILES string of the molecule is COc1cccc(CN2CCC(CC[C@@H]3CC3c3ccccc3)(Cc3cccc(C(=O)O)c3)CC2)c1. The Kier molecular flexibility index (Phi) is 7.43. The normalized spacial score (nSPS) is 21.1. The molecule has 0 aromatic heterocycles. The van der Waals surface area contributed by atoms with Gasteiger partial charge in [-0.15, -0.1) is 0 Å². The average Bonchev–Trinajstić information content (AvgIpc) is 3.70. The first-order chi connectivity index (χ1) is 17.5. The molecule has 4 nitrogen and oxygen atoms in total. The largest absolute Gasteiger partial charge is 0.497 e. The van der Waals surface area contributed by atoms with Gasteiger partial charge in [0.05, 0.1) is 12.7 Å². The van der Waals surface area contributed by atoms with Crippen molar-refractivity contribution >= 4 is 5.97 Å². The number of hydrogen-bond acceptors (Lipinski definition) is 3. The van der Waals surface area contributed by atoms with Crippen LogP contribution in [0.1, 0.15) is 65.1 Å². The van der Waals surface area contributed by atoms with Crippen molar-refractivity contribution in [1.82, 2.24) is 4.90 Å². The van der Waals surface area contributed by atoms with Gasteiger partial charge in [0.25, 0.3) is 0 Å². The average molecular weight is 484 g/mol. The van der Waals surface area contributed by atoms with Crippen molar-refractivity contribution in [2.75, 3.05) is 20.2 Å². The summed E-state index contributed by atoms with van der Waals surface area (Å²) in [6.07, 6.45) is 7.04. The van der Waals surface area contributed by atoms with Crippen LogP contribution in [0.15, 0.2) is 78.9 Å². The molecule has 4 heteroatoms. The molecule has 0 amide bonds. The Hall–Kier alpha value is -3.11. The minimum absolute atomic E-state index is 0.228. The van der Waals surface area contributed by atoms with Crippen LogP contribution in [0.3, 0.4) is 0 Å². The van der Waals surface area contributed by atoms with E-state index in [0.29, 0.717) is 11.5 Å². The summed E-state index contributed by atoms with van der Waals surface area (Å²) in [6.45, 7) is 3.09. The number of aromatic carboxylic acids is 1. The van der Waals surface area contributed by atoms with Gasteiger partial charge >= 0.3 is 5.97 Å². The molecule has 1 aliphatic heterocycles. The van der Waals surface area contributed by atoms with Crippen molar-refractivity contribution in [3.63, 3.8) is 0 Å². The van der Waals surface area contributed by atoms with Crippen molar-refractivity contribution < 1.29 is 14.6 Å². The van der Waals surface area contributed by atoms with Gasteiger partial charge in [0.1, 0.15) is 5.75 Å². The number of nitrogens with zero attached hydrogens (tertiary/aromatic N) is 1. The van der Waals surface area contributed by atoms with Crippen molar-refractivity contribution in [3.8, 4) is 5.75 Å². The first kappa shape index (κ1) is 24.6. The lowest BCUT2D eigenvalue weighted by Gasteiger charge is -2.42. The fraction of sp³-hybridized carbons (Fsp3) is 0.406. The summed E-state index contributed by atoms with van der Waals surface area (Å²) in [7, 11) is 1.72. The second kappa shape index (κ2) is 10.9. The summed E-state index contributed by atoms with van der Waals surface area (Å²) in [5, 5.41) is 9.50. The molecule has 5 rings (SSSR count).